The molecular formula is C14H18F5N3OS. The number of nitrogens with zero attached hydrogens (tertiary/aromatic N) is 3. The van der Waals surface area contributed by atoms with Crippen molar-refractivity contribution in [1.29, 1.82) is 0 Å². The van der Waals surface area contributed by atoms with E-state index >= 15 is 0 Å². The molecule has 4 nitrogen and oxygen atoms in total. The van der Waals surface area contributed by atoms with Crippen LogP contribution >= 0.6 is 11.7 Å². The average Bonchev–Trinajstić information content (AvgIpc) is 2.93. The van der Waals surface area contributed by atoms with Crippen LogP contribution in [0.25, 0.3) is 5.57 Å². The smallest absolute Gasteiger partial charge is 0.464 e. The first-order chi connectivity index (χ1) is 11.3. The summed E-state index contributed by atoms with van der Waals surface area (Å²) in [5, 5.41) is 0. The van der Waals surface area contributed by atoms with Crippen molar-refractivity contribution in [2.45, 2.75) is 51.4 Å². The van der Waals surface area contributed by atoms with Crippen molar-refractivity contribution in [3.8, 4) is 5.88 Å². The highest BCUT2D eigenvalue weighted by molar-refractivity contribution is 6.99. The molecular weight excluding hydrogens is 353 g/mol. The monoisotopic (exact) mass is 371 g/mol. The normalized spacial score (nSPS) is 18.5. The molecule has 0 saturated carbocycles. The quantitative estimate of drug-likeness (QED) is 0.396. The van der Waals surface area contributed by atoms with E-state index in [0.717, 1.165) is 31.8 Å². The molecule has 0 bridgehead atoms. The van der Waals surface area contributed by atoms with Gasteiger partial charge in [-0.1, -0.05) is 32.3 Å². The molecule has 0 aliphatic carbocycles. The molecule has 1 aliphatic rings. The highest BCUT2D eigenvalue weighted by Crippen LogP contribution is 2.45. The van der Waals surface area contributed by atoms with Crippen LogP contribution in [0, 0.1) is 0 Å². The van der Waals surface area contributed by atoms with Crippen LogP contribution in [0.1, 0.15) is 44.7 Å². The molecule has 10 heteroatoms. The molecule has 0 amide bonds. The molecule has 0 atom stereocenters. The first kappa shape index (κ1) is 19.0. The average molecular weight is 371 g/mol. The lowest BCUT2D eigenvalue weighted by atomic mass is 10.0. The minimum Gasteiger partial charge on any atom is -0.475 e. The summed E-state index contributed by atoms with van der Waals surface area (Å²) in [5.41, 5.74) is -1.11. The van der Waals surface area contributed by atoms with Crippen molar-refractivity contribution in [3.63, 3.8) is 0 Å². The van der Waals surface area contributed by atoms with Crippen LogP contribution < -0.4 is 4.74 Å². The molecule has 0 unspecified atom stereocenters. The Kier molecular flexibility index (Phi) is 6.13. The summed E-state index contributed by atoms with van der Waals surface area (Å²) >= 11 is 0.639. The third-order valence-corrected chi connectivity index (χ3v) is 4.13. The Balaban J connectivity index is 2.14. The maximum absolute atomic E-state index is 14.3. The lowest BCUT2D eigenvalue weighted by Crippen LogP contribution is -2.53. The zero-order chi connectivity index (χ0) is 17.8. The third-order valence-electron chi connectivity index (χ3n) is 3.62. The summed E-state index contributed by atoms with van der Waals surface area (Å²) in [4.78, 5) is -0.778. The van der Waals surface area contributed by atoms with Gasteiger partial charge in [-0.25, -0.2) is 0 Å². The van der Waals surface area contributed by atoms with Crippen molar-refractivity contribution in [2.75, 3.05) is 13.2 Å². The van der Waals surface area contributed by atoms with Gasteiger partial charge in [0.25, 0.3) is 5.88 Å². The molecule has 24 heavy (non-hydrogen) atoms. The van der Waals surface area contributed by atoms with Crippen LogP contribution in [0.4, 0.5) is 22.0 Å². The van der Waals surface area contributed by atoms with Gasteiger partial charge in [0.15, 0.2) is 5.69 Å². The largest absolute Gasteiger partial charge is 0.475 e. The Morgan fingerprint density at radius 3 is 2.67 bits per heavy atom. The molecule has 0 saturated heterocycles. The van der Waals surface area contributed by atoms with E-state index in [-0.39, 0.29) is 24.6 Å². The van der Waals surface area contributed by atoms with Gasteiger partial charge in [-0.3, -0.25) is 0 Å². The van der Waals surface area contributed by atoms with E-state index in [2.05, 4.69) is 8.75 Å². The lowest BCUT2D eigenvalue weighted by Gasteiger charge is -2.36. The molecule has 0 radical (unpaired) electrons. The fourth-order valence-corrected chi connectivity index (χ4v) is 2.92. The van der Waals surface area contributed by atoms with E-state index in [4.69, 9.17) is 4.74 Å². The molecule has 0 spiro atoms. The van der Waals surface area contributed by atoms with Gasteiger partial charge in [-0.2, -0.15) is 26.3 Å². The molecule has 1 aliphatic heterocycles. The molecule has 136 valence electrons. The van der Waals surface area contributed by atoms with E-state index in [1.165, 1.54) is 0 Å². The summed E-state index contributed by atoms with van der Waals surface area (Å²) < 4.78 is 79.9. The van der Waals surface area contributed by atoms with Crippen molar-refractivity contribution in [3.05, 3.63) is 11.8 Å². The first-order valence-electron chi connectivity index (χ1n) is 7.67. The number of hydrogen-bond acceptors (Lipinski definition) is 5. The zero-order valence-corrected chi connectivity index (χ0v) is 13.9. The molecule has 1 aromatic heterocycles. The Morgan fingerprint density at radius 2 is 2.00 bits per heavy atom. The molecule has 0 aromatic carbocycles. The molecule has 1 aromatic rings. The van der Waals surface area contributed by atoms with Crippen LogP contribution in [-0.2, 0) is 0 Å². The number of aromatic nitrogens is 2. The van der Waals surface area contributed by atoms with Gasteiger partial charge in [0.05, 0.1) is 23.9 Å². The van der Waals surface area contributed by atoms with Gasteiger partial charge in [0.2, 0.25) is 0 Å². The van der Waals surface area contributed by atoms with Crippen molar-refractivity contribution in [1.82, 2.24) is 13.6 Å². The number of unbranched alkanes of at least 4 members (excludes halogenated alkanes) is 3. The fourth-order valence-electron chi connectivity index (χ4n) is 2.41. The lowest BCUT2D eigenvalue weighted by molar-refractivity contribution is -0.315. The van der Waals surface area contributed by atoms with E-state index in [1.54, 1.807) is 0 Å². The van der Waals surface area contributed by atoms with E-state index in [0.29, 0.717) is 11.7 Å². The van der Waals surface area contributed by atoms with Crippen LogP contribution in [0.2, 0.25) is 0 Å². The highest BCUT2D eigenvalue weighted by atomic mass is 32.1. The van der Waals surface area contributed by atoms with E-state index < -0.39 is 29.4 Å². The third kappa shape index (κ3) is 4.21. The Bertz CT molecular complexity index is 573. The fraction of sp³-hybridized carbons (Fsp3) is 0.714. The summed E-state index contributed by atoms with van der Waals surface area (Å²) in [6, 6.07) is -4.20. The van der Waals surface area contributed by atoms with Gasteiger partial charge >= 0.3 is 12.3 Å². The Morgan fingerprint density at radius 1 is 1.25 bits per heavy atom. The summed E-state index contributed by atoms with van der Waals surface area (Å²) in [5.74, 6) is -0.133. The topological polar surface area (TPSA) is 38.3 Å². The molecule has 2 heterocycles. The number of alkyl halides is 5. The van der Waals surface area contributed by atoms with Crippen LogP contribution in [0.15, 0.2) is 6.08 Å². The Hall–Kier alpha value is -1.29. The number of halogens is 5. The highest BCUT2D eigenvalue weighted by Gasteiger charge is 2.57. The number of ether oxygens (including phenoxy) is 1. The predicted octanol–water partition coefficient (Wildman–Crippen LogP) is 4.70. The van der Waals surface area contributed by atoms with Gasteiger partial charge in [-0.15, -0.1) is 9.27 Å². The van der Waals surface area contributed by atoms with Gasteiger partial charge in [0.1, 0.15) is 0 Å². The molecule has 0 N–H and O–H groups in total. The van der Waals surface area contributed by atoms with Crippen LogP contribution in [0.3, 0.4) is 0 Å². The summed E-state index contributed by atoms with van der Waals surface area (Å²) in [7, 11) is 0. The maximum atomic E-state index is 14.3. The SMILES string of the molecule is CCCCCCOc1nsnc1C1=CCCN(C(F)(F)F)C1(F)F. The number of rotatable bonds is 7. The van der Waals surface area contributed by atoms with E-state index in [9.17, 15) is 22.0 Å². The molecule has 2 rings (SSSR count). The minimum absolute atomic E-state index is 0.133. The van der Waals surface area contributed by atoms with Crippen LogP contribution in [-0.4, -0.2) is 39.1 Å². The van der Waals surface area contributed by atoms with Gasteiger partial charge < -0.3 is 4.74 Å². The summed E-state index contributed by atoms with van der Waals surface area (Å²) in [6.45, 7) is 1.51. The predicted molar refractivity (Wildman–Crippen MR) is 79.8 cm³/mol. The number of hydrogen-bond donors (Lipinski definition) is 0. The minimum atomic E-state index is -5.13. The standard InChI is InChI=1S/C14H18F5N3OS/c1-2-3-4-5-9-23-12-11(20-24-21-12)10-7-6-8-22(13(10,15)16)14(17,18)19/h7H,2-6,8-9H2,1H3. The second-order valence-electron chi connectivity index (χ2n) is 5.39. The first-order valence-corrected chi connectivity index (χ1v) is 8.40. The van der Waals surface area contributed by atoms with Crippen molar-refractivity contribution >= 4 is 17.3 Å². The van der Waals surface area contributed by atoms with Gasteiger partial charge in [0, 0.05) is 6.54 Å². The zero-order valence-electron chi connectivity index (χ0n) is 13.1. The van der Waals surface area contributed by atoms with E-state index in [1.807, 2.05) is 6.92 Å². The second kappa shape index (κ2) is 7.73. The maximum Gasteiger partial charge on any atom is 0.464 e. The Labute approximate surface area is 140 Å². The van der Waals surface area contributed by atoms with Crippen molar-refractivity contribution < 1.29 is 26.7 Å². The molecule has 0 fully saturated rings. The summed E-state index contributed by atoms with van der Waals surface area (Å²) in [6.07, 6.45) is -0.515. The van der Waals surface area contributed by atoms with Crippen LogP contribution in [0.5, 0.6) is 5.88 Å². The van der Waals surface area contributed by atoms with Crippen molar-refractivity contribution in [2.24, 2.45) is 0 Å². The second-order valence-corrected chi connectivity index (χ2v) is 5.92. The van der Waals surface area contributed by atoms with Gasteiger partial charge in [-0.05, 0) is 12.8 Å².